The maximum absolute atomic E-state index is 13.0. The third kappa shape index (κ3) is 2.79. The summed E-state index contributed by atoms with van der Waals surface area (Å²) in [6, 6.07) is 7.56. The monoisotopic (exact) mass is 232 g/mol. The Kier molecular flexibility index (Phi) is 3.35. The molecule has 0 bridgehead atoms. The summed E-state index contributed by atoms with van der Waals surface area (Å²) in [6.45, 7) is 0.875. The molecule has 0 saturated heterocycles. The quantitative estimate of drug-likeness (QED) is 0.871. The molecule has 1 aromatic carbocycles. The second kappa shape index (κ2) is 4.93. The van der Waals surface area contributed by atoms with Crippen molar-refractivity contribution < 1.29 is 4.39 Å². The number of rotatable bonds is 3. The minimum Gasteiger partial charge on any atom is -0.350 e. The summed E-state index contributed by atoms with van der Waals surface area (Å²) in [5, 5.41) is 0. The van der Waals surface area contributed by atoms with E-state index < -0.39 is 0 Å². The van der Waals surface area contributed by atoms with Crippen LogP contribution in [0.4, 0.5) is 4.39 Å². The third-order valence-corrected chi connectivity index (χ3v) is 2.60. The van der Waals surface area contributed by atoms with Crippen LogP contribution in [0.25, 0.3) is 0 Å². The lowest BCUT2D eigenvalue weighted by molar-refractivity contribution is 0.623. The number of hydrogen-bond acceptors (Lipinski definition) is 2. The lowest BCUT2D eigenvalue weighted by atomic mass is 10.1. The Balaban J connectivity index is 2.29. The SMILES string of the molecule is NCc1cc(F)ccc1Cn1ccc(=O)cc1. The first-order chi connectivity index (χ1) is 8.19. The van der Waals surface area contributed by atoms with Crippen molar-refractivity contribution in [2.45, 2.75) is 13.1 Å². The van der Waals surface area contributed by atoms with Gasteiger partial charge in [-0.05, 0) is 23.3 Å². The molecule has 0 fully saturated rings. The van der Waals surface area contributed by atoms with Crippen LogP contribution in [0.2, 0.25) is 0 Å². The molecule has 3 nitrogen and oxygen atoms in total. The molecular weight excluding hydrogens is 219 g/mol. The van der Waals surface area contributed by atoms with E-state index in [1.165, 1.54) is 24.3 Å². The Morgan fingerprint density at radius 1 is 1.12 bits per heavy atom. The Morgan fingerprint density at radius 2 is 1.82 bits per heavy atom. The van der Waals surface area contributed by atoms with Crippen molar-refractivity contribution in [2.24, 2.45) is 5.73 Å². The van der Waals surface area contributed by atoms with E-state index >= 15 is 0 Å². The molecule has 0 spiro atoms. The summed E-state index contributed by atoms with van der Waals surface area (Å²) in [7, 11) is 0. The molecule has 0 aliphatic rings. The fourth-order valence-electron chi connectivity index (χ4n) is 1.68. The molecule has 1 heterocycles. The average Bonchev–Trinajstić information content (AvgIpc) is 2.34. The van der Waals surface area contributed by atoms with Gasteiger partial charge in [-0.1, -0.05) is 6.07 Å². The van der Waals surface area contributed by atoms with Crippen LogP contribution < -0.4 is 11.2 Å². The van der Waals surface area contributed by atoms with Crippen molar-refractivity contribution in [3.05, 3.63) is 69.9 Å². The van der Waals surface area contributed by atoms with Crippen molar-refractivity contribution in [2.75, 3.05) is 0 Å². The number of nitrogens with two attached hydrogens (primary N) is 1. The second-order valence-corrected chi connectivity index (χ2v) is 3.82. The first-order valence-electron chi connectivity index (χ1n) is 5.32. The molecule has 0 saturated carbocycles. The predicted octanol–water partition coefficient (Wildman–Crippen LogP) is 1.49. The van der Waals surface area contributed by atoms with E-state index in [0.29, 0.717) is 13.1 Å². The number of hydrogen-bond donors (Lipinski definition) is 1. The second-order valence-electron chi connectivity index (χ2n) is 3.82. The maximum Gasteiger partial charge on any atom is 0.181 e. The van der Waals surface area contributed by atoms with Gasteiger partial charge in [0.1, 0.15) is 5.82 Å². The predicted molar refractivity (Wildman–Crippen MR) is 64.1 cm³/mol. The molecule has 2 aromatic rings. The summed E-state index contributed by atoms with van der Waals surface area (Å²) in [5.41, 5.74) is 7.28. The molecule has 0 atom stereocenters. The lowest BCUT2D eigenvalue weighted by Crippen LogP contribution is -2.08. The summed E-state index contributed by atoms with van der Waals surface area (Å²) in [5.74, 6) is -0.283. The normalized spacial score (nSPS) is 10.5. The topological polar surface area (TPSA) is 48.0 Å². The van der Waals surface area contributed by atoms with Gasteiger partial charge in [0.15, 0.2) is 5.43 Å². The van der Waals surface area contributed by atoms with Crippen LogP contribution in [0, 0.1) is 5.82 Å². The molecule has 0 unspecified atom stereocenters. The van der Waals surface area contributed by atoms with E-state index in [-0.39, 0.29) is 11.2 Å². The fraction of sp³-hybridized carbons (Fsp3) is 0.154. The molecule has 2 N–H and O–H groups in total. The van der Waals surface area contributed by atoms with Crippen molar-refractivity contribution in [3.8, 4) is 0 Å². The van der Waals surface area contributed by atoms with Gasteiger partial charge in [0.2, 0.25) is 0 Å². The standard InChI is InChI=1S/C13H13FN2O/c14-12-2-1-10(11(7-12)8-15)9-16-5-3-13(17)4-6-16/h1-7H,8-9,15H2. The number of pyridine rings is 1. The van der Waals surface area contributed by atoms with Gasteiger partial charge in [0.05, 0.1) is 0 Å². The van der Waals surface area contributed by atoms with E-state index in [1.54, 1.807) is 18.5 Å². The van der Waals surface area contributed by atoms with E-state index in [4.69, 9.17) is 5.73 Å². The van der Waals surface area contributed by atoms with Crippen molar-refractivity contribution in [3.63, 3.8) is 0 Å². The summed E-state index contributed by atoms with van der Waals surface area (Å²) < 4.78 is 14.9. The van der Waals surface area contributed by atoms with Gasteiger partial charge in [-0.3, -0.25) is 4.79 Å². The van der Waals surface area contributed by atoms with Gasteiger partial charge >= 0.3 is 0 Å². The first kappa shape index (κ1) is 11.5. The van der Waals surface area contributed by atoms with Crippen LogP contribution in [0.15, 0.2) is 47.5 Å². The van der Waals surface area contributed by atoms with Gasteiger partial charge in [-0.2, -0.15) is 0 Å². The lowest BCUT2D eigenvalue weighted by Gasteiger charge is -2.10. The largest absolute Gasteiger partial charge is 0.350 e. The van der Waals surface area contributed by atoms with Crippen molar-refractivity contribution in [1.29, 1.82) is 0 Å². The molecule has 0 radical (unpaired) electrons. The third-order valence-electron chi connectivity index (χ3n) is 2.60. The van der Waals surface area contributed by atoms with Crippen LogP contribution in [0.1, 0.15) is 11.1 Å². The molecule has 4 heteroatoms. The van der Waals surface area contributed by atoms with Crippen LogP contribution in [0.5, 0.6) is 0 Å². The summed E-state index contributed by atoms with van der Waals surface area (Å²) >= 11 is 0. The zero-order valence-electron chi connectivity index (χ0n) is 9.27. The highest BCUT2D eigenvalue weighted by Crippen LogP contribution is 2.12. The average molecular weight is 232 g/mol. The Labute approximate surface area is 98.3 Å². The summed E-state index contributed by atoms with van der Waals surface area (Å²) in [6.07, 6.45) is 3.40. The molecule has 0 aliphatic heterocycles. The molecule has 2 rings (SSSR count). The van der Waals surface area contributed by atoms with Crippen LogP contribution in [0.3, 0.4) is 0 Å². The number of benzene rings is 1. The highest BCUT2D eigenvalue weighted by atomic mass is 19.1. The number of nitrogens with zero attached hydrogens (tertiary/aromatic N) is 1. The maximum atomic E-state index is 13.0. The molecule has 0 amide bonds. The molecule has 17 heavy (non-hydrogen) atoms. The van der Waals surface area contributed by atoms with Gasteiger partial charge in [0, 0.05) is 37.6 Å². The van der Waals surface area contributed by atoms with Crippen LogP contribution in [-0.2, 0) is 13.1 Å². The zero-order valence-corrected chi connectivity index (χ0v) is 9.27. The minimum absolute atomic E-state index is 0.0283. The van der Waals surface area contributed by atoms with Gasteiger partial charge in [0.25, 0.3) is 0 Å². The number of halogens is 1. The first-order valence-corrected chi connectivity index (χ1v) is 5.32. The highest BCUT2D eigenvalue weighted by molar-refractivity contribution is 5.28. The zero-order chi connectivity index (χ0) is 12.3. The molecule has 1 aromatic heterocycles. The minimum atomic E-state index is -0.283. The molecular formula is C13H13FN2O. The van der Waals surface area contributed by atoms with Crippen LogP contribution >= 0.6 is 0 Å². The van der Waals surface area contributed by atoms with E-state index in [9.17, 15) is 9.18 Å². The van der Waals surface area contributed by atoms with Crippen molar-refractivity contribution in [1.82, 2.24) is 4.57 Å². The van der Waals surface area contributed by atoms with Crippen LogP contribution in [-0.4, -0.2) is 4.57 Å². The molecule has 0 aliphatic carbocycles. The van der Waals surface area contributed by atoms with Crippen molar-refractivity contribution >= 4 is 0 Å². The number of aromatic nitrogens is 1. The Hall–Kier alpha value is -1.94. The highest BCUT2D eigenvalue weighted by Gasteiger charge is 2.03. The fourth-order valence-corrected chi connectivity index (χ4v) is 1.68. The van der Waals surface area contributed by atoms with Gasteiger partial charge in [-0.15, -0.1) is 0 Å². The Morgan fingerprint density at radius 3 is 2.47 bits per heavy atom. The summed E-state index contributed by atoms with van der Waals surface area (Å²) in [4.78, 5) is 11.0. The van der Waals surface area contributed by atoms with Gasteiger partial charge in [-0.25, -0.2) is 4.39 Å². The molecule has 88 valence electrons. The van der Waals surface area contributed by atoms with E-state index in [0.717, 1.165) is 11.1 Å². The smallest absolute Gasteiger partial charge is 0.181 e. The van der Waals surface area contributed by atoms with Gasteiger partial charge < -0.3 is 10.3 Å². The Bertz CT molecular complexity index is 557. The van der Waals surface area contributed by atoms with E-state index in [1.807, 2.05) is 4.57 Å². The van der Waals surface area contributed by atoms with E-state index in [2.05, 4.69) is 0 Å².